The van der Waals surface area contributed by atoms with Gasteiger partial charge in [-0.2, -0.15) is 4.98 Å². The van der Waals surface area contributed by atoms with Gasteiger partial charge in [0.1, 0.15) is 10.4 Å². The molecule has 18 heavy (non-hydrogen) atoms. The quantitative estimate of drug-likeness (QED) is 0.626. The van der Waals surface area contributed by atoms with Crippen LogP contribution >= 0.6 is 15.9 Å². The Balaban J connectivity index is 1.78. The summed E-state index contributed by atoms with van der Waals surface area (Å²) in [5, 5.41) is 0. The van der Waals surface area contributed by atoms with E-state index in [1.165, 1.54) is 5.56 Å². The standard InChI is InChI=1S/C14H15BrN2O/c1-11-16-13(15)10-14(17-11)18-9-5-8-12-6-3-2-4-7-12/h2-4,6-7,10H,5,8-9H2,1H3. The van der Waals surface area contributed by atoms with Crippen molar-refractivity contribution in [2.45, 2.75) is 19.8 Å². The van der Waals surface area contributed by atoms with Gasteiger partial charge in [0.05, 0.1) is 6.61 Å². The van der Waals surface area contributed by atoms with Crippen LogP contribution in [-0.2, 0) is 6.42 Å². The van der Waals surface area contributed by atoms with Gasteiger partial charge in [0.15, 0.2) is 0 Å². The predicted octanol–water partition coefficient (Wildman–Crippen LogP) is 3.56. The van der Waals surface area contributed by atoms with Crippen molar-refractivity contribution in [2.75, 3.05) is 6.61 Å². The second-order valence-electron chi connectivity index (χ2n) is 4.01. The molecule has 0 unspecified atom stereocenters. The molecule has 0 spiro atoms. The summed E-state index contributed by atoms with van der Waals surface area (Å²) < 4.78 is 6.37. The van der Waals surface area contributed by atoms with Gasteiger partial charge in [0.25, 0.3) is 0 Å². The highest BCUT2D eigenvalue weighted by Crippen LogP contribution is 2.14. The lowest BCUT2D eigenvalue weighted by atomic mass is 10.1. The van der Waals surface area contributed by atoms with Gasteiger partial charge in [0.2, 0.25) is 5.88 Å². The number of hydrogen-bond acceptors (Lipinski definition) is 3. The maximum absolute atomic E-state index is 5.61. The van der Waals surface area contributed by atoms with Gasteiger partial charge in [-0.3, -0.25) is 0 Å². The smallest absolute Gasteiger partial charge is 0.217 e. The van der Waals surface area contributed by atoms with Crippen molar-refractivity contribution in [3.63, 3.8) is 0 Å². The van der Waals surface area contributed by atoms with Crippen LogP contribution in [0.5, 0.6) is 5.88 Å². The molecule has 0 saturated heterocycles. The van der Waals surface area contributed by atoms with E-state index in [1.807, 2.05) is 13.0 Å². The molecular weight excluding hydrogens is 292 g/mol. The van der Waals surface area contributed by atoms with Crippen LogP contribution in [0.2, 0.25) is 0 Å². The van der Waals surface area contributed by atoms with Crippen molar-refractivity contribution in [2.24, 2.45) is 0 Å². The molecule has 94 valence electrons. The fourth-order valence-electron chi connectivity index (χ4n) is 1.68. The Bertz CT molecular complexity index is 482. The third-order valence-electron chi connectivity index (χ3n) is 2.49. The number of nitrogens with zero attached hydrogens (tertiary/aromatic N) is 2. The van der Waals surface area contributed by atoms with Gasteiger partial charge in [-0.05, 0) is 41.3 Å². The summed E-state index contributed by atoms with van der Waals surface area (Å²) in [7, 11) is 0. The first-order valence-corrected chi connectivity index (χ1v) is 6.71. The Hall–Kier alpha value is -1.42. The van der Waals surface area contributed by atoms with Gasteiger partial charge in [-0.15, -0.1) is 0 Å². The molecule has 1 aromatic carbocycles. The third-order valence-corrected chi connectivity index (χ3v) is 2.89. The van der Waals surface area contributed by atoms with E-state index < -0.39 is 0 Å². The maximum atomic E-state index is 5.61. The molecule has 0 aliphatic heterocycles. The van der Waals surface area contributed by atoms with Crippen LogP contribution in [0.3, 0.4) is 0 Å². The van der Waals surface area contributed by atoms with E-state index in [9.17, 15) is 0 Å². The summed E-state index contributed by atoms with van der Waals surface area (Å²) in [5.41, 5.74) is 1.33. The van der Waals surface area contributed by atoms with Crippen LogP contribution in [0.1, 0.15) is 17.8 Å². The van der Waals surface area contributed by atoms with E-state index in [-0.39, 0.29) is 0 Å². The SMILES string of the molecule is Cc1nc(Br)cc(OCCCc2ccccc2)n1. The van der Waals surface area contributed by atoms with Gasteiger partial charge in [0, 0.05) is 6.07 Å². The van der Waals surface area contributed by atoms with Gasteiger partial charge in [-0.1, -0.05) is 30.3 Å². The minimum Gasteiger partial charge on any atom is -0.478 e. The molecule has 0 radical (unpaired) electrons. The van der Waals surface area contributed by atoms with Crippen molar-refractivity contribution < 1.29 is 4.74 Å². The molecule has 0 saturated carbocycles. The molecule has 0 aliphatic carbocycles. The summed E-state index contributed by atoms with van der Waals surface area (Å²) in [4.78, 5) is 8.35. The molecule has 0 N–H and O–H groups in total. The largest absolute Gasteiger partial charge is 0.478 e. The first-order chi connectivity index (χ1) is 8.74. The topological polar surface area (TPSA) is 35.0 Å². The summed E-state index contributed by atoms with van der Waals surface area (Å²) in [6.45, 7) is 2.51. The van der Waals surface area contributed by atoms with Gasteiger partial charge < -0.3 is 4.74 Å². The monoisotopic (exact) mass is 306 g/mol. The van der Waals surface area contributed by atoms with Crippen LogP contribution in [0.25, 0.3) is 0 Å². The van der Waals surface area contributed by atoms with Crippen LogP contribution in [-0.4, -0.2) is 16.6 Å². The van der Waals surface area contributed by atoms with E-state index in [0.29, 0.717) is 18.3 Å². The van der Waals surface area contributed by atoms with Crippen LogP contribution in [0.15, 0.2) is 41.0 Å². The van der Waals surface area contributed by atoms with E-state index in [1.54, 1.807) is 6.07 Å². The highest BCUT2D eigenvalue weighted by Gasteiger charge is 2.00. The molecule has 0 aliphatic rings. The molecule has 2 aromatic rings. The minimum atomic E-state index is 0.627. The van der Waals surface area contributed by atoms with E-state index in [2.05, 4.69) is 50.2 Å². The molecule has 0 bridgehead atoms. The lowest BCUT2D eigenvalue weighted by molar-refractivity contribution is 0.297. The van der Waals surface area contributed by atoms with Crippen LogP contribution in [0.4, 0.5) is 0 Å². The van der Waals surface area contributed by atoms with E-state index in [0.717, 1.165) is 17.4 Å². The summed E-state index contributed by atoms with van der Waals surface area (Å²) in [5.74, 6) is 1.34. The Morgan fingerprint density at radius 2 is 1.94 bits per heavy atom. The molecule has 3 nitrogen and oxygen atoms in total. The molecule has 4 heteroatoms. The second kappa shape index (κ2) is 6.50. The first kappa shape index (κ1) is 13.0. The van der Waals surface area contributed by atoms with Crippen molar-refractivity contribution in [3.05, 3.63) is 52.4 Å². The summed E-state index contributed by atoms with van der Waals surface area (Å²) in [6, 6.07) is 12.2. The number of aromatic nitrogens is 2. The highest BCUT2D eigenvalue weighted by atomic mass is 79.9. The Labute approximate surface area is 115 Å². The van der Waals surface area contributed by atoms with Crippen molar-refractivity contribution >= 4 is 15.9 Å². The van der Waals surface area contributed by atoms with Crippen LogP contribution in [0, 0.1) is 6.92 Å². The summed E-state index contributed by atoms with van der Waals surface area (Å²) in [6.07, 6.45) is 2.00. The molecule has 0 fully saturated rings. The fourth-order valence-corrected chi connectivity index (χ4v) is 2.13. The molecule has 1 heterocycles. The van der Waals surface area contributed by atoms with Crippen LogP contribution < -0.4 is 4.74 Å². The number of benzene rings is 1. The number of rotatable bonds is 5. The van der Waals surface area contributed by atoms with E-state index in [4.69, 9.17) is 4.74 Å². The first-order valence-electron chi connectivity index (χ1n) is 5.92. The van der Waals surface area contributed by atoms with Crippen molar-refractivity contribution in [1.29, 1.82) is 0 Å². The predicted molar refractivity (Wildman–Crippen MR) is 74.7 cm³/mol. The zero-order valence-corrected chi connectivity index (χ0v) is 11.9. The molecular formula is C14H15BrN2O. The maximum Gasteiger partial charge on any atom is 0.217 e. The second-order valence-corrected chi connectivity index (χ2v) is 4.83. The molecule has 1 aromatic heterocycles. The number of aryl methyl sites for hydroxylation is 2. The lowest BCUT2D eigenvalue weighted by Crippen LogP contribution is -2.02. The normalized spacial score (nSPS) is 10.3. The zero-order valence-electron chi connectivity index (χ0n) is 10.3. The lowest BCUT2D eigenvalue weighted by Gasteiger charge is -2.06. The van der Waals surface area contributed by atoms with E-state index >= 15 is 0 Å². The highest BCUT2D eigenvalue weighted by molar-refractivity contribution is 9.10. The molecule has 0 amide bonds. The zero-order chi connectivity index (χ0) is 12.8. The number of hydrogen-bond donors (Lipinski definition) is 0. The fraction of sp³-hybridized carbons (Fsp3) is 0.286. The van der Waals surface area contributed by atoms with Crippen molar-refractivity contribution in [1.82, 2.24) is 9.97 Å². The van der Waals surface area contributed by atoms with Crippen molar-refractivity contribution in [3.8, 4) is 5.88 Å². The Morgan fingerprint density at radius 3 is 2.67 bits per heavy atom. The number of ether oxygens (including phenoxy) is 1. The molecule has 0 atom stereocenters. The Kier molecular flexibility index (Phi) is 4.70. The van der Waals surface area contributed by atoms with Gasteiger partial charge >= 0.3 is 0 Å². The minimum absolute atomic E-state index is 0.627. The third kappa shape index (κ3) is 4.11. The number of halogens is 1. The average Bonchev–Trinajstić information content (AvgIpc) is 2.35. The Morgan fingerprint density at radius 1 is 1.17 bits per heavy atom. The summed E-state index contributed by atoms with van der Waals surface area (Å²) >= 11 is 3.33. The molecule has 2 rings (SSSR count). The average molecular weight is 307 g/mol. The van der Waals surface area contributed by atoms with Gasteiger partial charge in [-0.25, -0.2) is 4.98 Å².